The number of nitrogens with one attached hydrogen (secondary N) is 1. The summed E-state index contributed by atoms with van der Waals surface area (Å²) in [6.45, 7) is 1.34. The number of rotatable bonds is 5. The number of carbonyl (C=O) groups is 2. The predicted molar refractivity (Wildman–Crippen MR) is 99.6 cm³/mol. The second kappa shape index (κ2) is 7.25. The Morgan fingerprint density at radius 2 is 2.00 bits per heavy atom. The van der Waals surface area contributed by atoms with Gasteiger partial charge in [-0.05, 0) is 37.1 Å². The molecular weight excluding hydrogens is 354 g/mol. The Morgan fingerprint density at radius 3 is 2.68 bits per heavy atom. The highest BCUT2D eigenvalue weighted by Gasteiger charge is 2.31. The van der Waals surface area contributed by atoms with Crippen molar-refractivity contribution in [1.82, 2.24) is 15.2 Å². The highest BCUT2D eigenvalue weighted by molar-refractivity contribution is 7.14. The Balaban J connectivity index is 1.28. The van der Waals surface area contributed by atoms with Crippen LogP contribution >= 0.6 is 22.7 Å². The number of hydrogen-bond donors (Lipinski definition) is 1. The summed E-state index contributed by atoms with van der Waals surface area (Å²) in [5.74, 6) is 0.354. The van der Waals surface area contributed by atoms with Gasteiger partial charge in [-0.1, -0.05) is 0 Å². The van der Waals surface area contributed by atoms with Crippen LogP contribution in [0.2, 0.25) is 0 Å². The van der Waals surface area contributed by atoms with Crippen molar-refractivity contribution in [1.29, 1.82) is 0 Å². The van der Waals surface area contributed by atoms with Crippen LogP contribution in [0.4, 0.5) is 0 Å². The van der Waals surface area contributed by atoms with Crippen molar-refractivity contribution in [2.45, 2.75) is 38.1 Å². The molecule has 2 fully saturated rings. The molecular formula is C18H21N3O2S2. The molecule has 25 heavy (non-hydrogen) atoms. The number of amides is 2. The van der Waals surface area contributed by atoms with Gasteiger partial charge in [-0.2, -0.15) is 11.3 Å². The Hall–Kier alpha value is -1.73. The van der Waals surface area contributed by atoms with Crippen LogP contribution in [-0.4, -0.2) is 40.8 Å². The maximum absolute atomic E-state index is 12.5. The quantitative estimate of drug-likeness (QED) is 0.874. The van der Waals surface area contributed by atoms with Crippen LogP contribution in [-0.2, 0) is 16.0 Å². The van der Waals surface area contributed by atoms with E-state index in [0.717, 1.165) is 41.9 Å². The number of aromatic nitrogens is 1. The average Bonchev–Trinajstić information content (AvgIpc) is 3.10. The van der Waals surface area contributed by atoms with Gasteiger partial charge in [0.2, 0.25) is 11.8 Å². The lowest BCUT2D eigenvalue weighted by Crippen LogP contribution is -2.43. The maximum Gasteiger partial charge on any atom is 0.228 e. The molecule has 0 radical (unpaired) electrons. The lowest BCUT2D eigenvalue weighted by molar-refractivity contribution is -0.135. The summed E-state index contributed by atoms with van der Waals surface area (Å²) in [7, 11) is 0. The van der Waals surface area contributed by atoms with E-state index >= 15 is 0 Å². The summed E-state index contributed by atoms with van der Waals surface area (Å²) in [5, 5.41) is 10.1. The Kier molecular flexibility index (Phi) is 4.85. The molecule has 0 atom stereocenters. The minimum Gasteiger partial charge on any atom is -0.353 e. The number of hydrogen-bond acceptors (Lipinski definition) is 5. The van der Waals surface area contributed by atoms with Crippen LogP contribution in [0.1, 0.15) is 31.4 Å². The normalized spacial score (nSPS) is 18.3. The molecule has 0 unspecified atom stereocenters. The van der Waals surface area contributed by atoms with Crippen molar-refractivity contribution in [3.05, 3.63) is 27.9 Å². The molecule has 2 aromatic rings. The molecule has 0 aromatic carbocycles. The van der Waals surface area contributed by atoms with Crippen LogP contribution in [0.3, 0.4) is 0 Å². The average molecular weight is 376 g/mol. The second-order valence-corrected chi connectivity index (χ2v) is 8.41. The Bertz CT molecular complexity index is 744. The van der Waals surface area contributed by atoms with Crippen molar-refractivity contribution in [2.75, 3.05) is 13.1 Å². The van der Waals surface area contributed by atoms with Crippen LogP contribution in [0, 0.1) is 5.92 Å². The Morgan fingerprint density at radius 1 is 1.20 bits per heavy atom. The third-order valence-electron chi connectivity index (χ3n) is 4.79. The smallest absolute Gasteiger partial charge is 0.228 e. The van der Waals surface area contributed by atoms with E-state index in [1.165, 1.54) is 0 Å². The summed E-state index contributed by atoms with van der Waals surface area (Å²) in [6, 6.07) is 2.46. The fourth-order valence-corrected chi connectivity index (χ4v) is 4.64. The molecule has 1 aliphatic heterocycles. The zero-order valence-electron chi connectivity index (χ0n) is 13.9. The summed E-state index contributed by atoms with van der Waals surface area (Å²) >= 11 is 3.23. The molecule has 3 heterocycles. The molecule has 0 spiro atoms. The van der Waals surface area contributed by atoms with Gasteiger partial charge in [0.1, 0.15) is 5.01 Å². The molecule has 1 saturated carbocycles. The maximum atomic E-state index is 12.5. The van der Waals surface area contributed by atoms with Crippen LogP contribution in [0.25, 0.3) is 10.6 Å². The topological polar surface area (TPSA) is 62.3 Å². The molecule has 2 aliphatic rings. The molecule has 1 saturated heterocycles. The first-order valence-corrected chi connectivity index (χ1v) is 10.6. The van der Waals surface area contributed by atoms with E-state index in [4.69, 9.17) is 0 Å². The SMILES string of the molecule is O=C(NC1CC1)C1CCN(C(=O)Cc2csc(-c3ccsc3)n2)CC1. The summed E-state index contributed by atoms with van der Waals surface area (Å²) in [4.78, 5) is 31.1. The fourth-order valence-electron chi connectivity index (χ4n) is 3.11. The van der Waals surface area contributed by atoms with E-state index in [0.29, 0.717) is 25.6 Å². The number of piperidine rings is 1. The van der Waals surface area contributed by atoms with Crippen molar-refractivity contribution >= 4 is 34.5 Å². The molecule has 5 nitrogen and oxygen atoms in total. The van der Waals surface area contributed by atoms with E-state index in [-0.39, 0.29) is 17.7 Å². The Labute approximate surface area is 155 Å². The van der Waals surface area contributed by atoms with Crippen molar-refractivity contribution < 1.29 is 9.59 Å². The standard InChI is InChI=1S/C18H21N3O2S2/c22-16(9-15-11-25-18(20-15)13-5-8-24-10-13)21-6-3-12(4-7-21)17(23)19-14-1-2-14/h5,8,10-12,14H,1-4,6-7,9H2,(H,19,23). The second-order valence-electron chi connectivity index (χ2n) is 6.77. The molecule has 1 aliphatic carbocycles. The lowest BCUT2D eigenvalue weighted by Gasteiger charge is -2.31. The first kappa shape index (κ1) is 16.7. The number of thiophene rings is 1. The van der Waals surface area contributed by atoms with E-state index in [9.17, 15) is 9.59 Å². The number of likely N-dealkylation sites (tertiary alicyclic amines) is 1. The molecule has 2 aromatic heterocycles. The first-order chi connectivity index (χ1) is 12.2. The monoisotopic (exact) mass is 375 g/mol. The van der Waals surface area contributed by atoms with E-state index in [1.807, 2.05) is 21.7 Å². The zero-order chi connectivity index (χ0) is 17.2. The van der Waals surface area contributed by atoms with Gasteiger partial charge in [-0.15, -0.1) is 11.3 Å². The summed E-state index contributed by atoms with van der Waals surface area (Å²) < 4.78 is 0. The number of carbonyl (C=O) groups excluding carboxylic acids is 2. The predicted octanol–water partition coefficient (Wildman–Crippen LogP) is 2.93. The third kappa shape index (κ3) is 4.10. The number of thiazole rings is 1. The van der Waals surface area contributed by atoms with Gasteiger partial charge in [0.05, 0.1) is 12.1 Å². The van der Waals surface area contributed by atoms with E-state index in [1.54, 1.807) is 22.7 Å². The summed E-state index contributed by atoms with van der Waals surface area (Å²) in [5.41, 5.74) is 1.96. The largest absolute Gasteiger partial charge is 0.353 e. The molecule has 4 rings (SSSR count). The van der Waals surface area contributed by atoms with Crippen molar-refractivity contribution in [3.63, 3.8) is 0 Å². The van der Waals surface area contributed by atoms with E-state index in [2.05, 4.69) is 15.7 Å². The number of nitrogens with zero attached hydrogens (tertiary/aromatic N) is 2. The first-order valence-electron chi connectivity index (χ1n) is 8.74. The van der Waals surface area contributed by atoms with Crippen LogP contribution in [0.5, 0.6) is 0 Å². The van der Waals surface area contributed by atoms with Gasteiger partial charge in [0.15, 0.2) is 0 Å². The van der Waals surface area contributed by atoms with Crippen molar-refractivity contribution in [3.8, 4) is 10.6 Å². The van der Waals surface area contributed by atoms with Crippen molar-refractivity contribution in [2.24, 2.45) is 5.92 Å². The highest BCUT2D eigenvalue weighted by atomic mass is 32.1. The molecule has 2 amide bonds. The molecule has 0 bridgehead atoms. The third-order valence-corrected chi connectivity index (χ3v) is 6.42. The van der Waals surface area contributed by atoms with Gasteiger partial charge in [0, 0.05) is 41.4 Å². The van der Waals surface area contributed by atoms with Crippen LogP contribution < -0.4 is 5.32 Å². The minimum absolute atomic E-state index is 0.0640. The minimum atomic E-state index is 0.0640. The van der Waals surface area contributed by atoms with Gasteiger partial charge in [-0.25, -0.2) is 4.98 Å². The lowest BCUT2D eigenvalue weighted by atomic mass is 9.95. The van der Waals surface area contributed by atoms with Gasteiger partial charge in [0.25, 0.3) is 0 Å². The van der Waals surface area contributed by atoms with Gasteiger partial charge in [-0.3, -0.25) is 9.59 Å². The summed E-state index contributed by atoms with van der Waals surface area (Å²) in [6.07, 6.45) is 4.11. The van der Waals surface area contributed by atoms with Gasteiger partial charge < -0.3 is 10.2 Å². The molecule has 132 valence electrons. The molecule has 1 N–H and O–H groups in total. The molecule has 7 heteroatoms. The zero-order valence-corrected chi connectivity index (χ0v) is 15.6. The van der Waals surface area contributed by atoms with E-state index < -0.39 is 0 Å². The van der Waals surface area contributed by atoms with Crippen LogP contribution in [0.15, 0.2) is 22.2 Å². The van der Waals surface area contributed by atoms with Gasteiger partial charge >= 0.3 is 0 Å². The fraction of sp³-hybridized carbons (Fsp3) is 0.500. The highest BCUT2D eigenvalue weighted by Crippen LogP contribution is 2.26.